The van der Waals surface area contributed by atoms with E-state index in [1.165, 1.54) is 4.90 Å². The van der Waals surface area contributed by atoms with E-state index in [9.17, 15) is 9.59 Å². The van der Waals surface area contributed by atoms with Crippen molar-refractivity contribution in [3.05, 3.63) is 35.9 Å². The van der Waals surface area contributed by atoms with Gasteiger partial charge in [0.25, 0.3) is 0 Å². The van der Waals surface area contributed by atoms with Gasteiger partial charge in [-0.3, -0.25) is 14.5 Å². The second kappa shape index (κ2) is 3.74. The van der Waals surface area contributed by atoms with Gasteiger partial charge in [0.2, 0.25) is 11.8 Å². The molecule has 1 atom stereocenters. The number of carbonyl (C=O) groups excluding carboxylic acids is 2. The summed E-state index contributed by atoms with van der Waals surface area (Å²) in [6.07, 6.45) is 1.03. The van der Waals surface area contributed by atoms with Gasteiger partial charge < -0.3 is 0 Å². The van der Waals surface area contributed by atoms with Gasteiger partial charge in [-0.1, -0.05) is 30.3 Å². The van der Waals surface area contributed by atoms with Crippen molar-refractivity contribution in [3.8, 4) is 0 Å². The molecule has 0 unspecified atom stereocenters. The summed E-state index contributed by atoms with van der Waals surface area (Å²) in [5.41, 5.74) is 0.434. The highest BCUT2D eigenvalue weighted by atomic mass is 16.2. The van der Waals surface area contributed by atoms with Crippen LogP contribution in [0.2, 0.25) is 0 Å². The first-order valence-electron chi connectivity index (χ1n) is 5.42. The lowest BCUT2D eigenvalue weighted by Gasteiger charge is -2.36. The molecule has 1 aromatic carbocycles. The van der Waals surface area contributed by atoms with Gasteiger partial charge in [-0.2, -0.15) is 0 Å². The van der Waals surface area contributed by atoms with Crippen LogP contribution in [0.5, 0.6) is 0 Å². The summed E-state index contributed by atoms with van der Waals surface area (Å²) in [6.45, 7) is 1.91. The number of likely N-dealkylation sites (N-methyl/N-ethyl adjacent to an activating group) is 1. The third kappa shape index (κ3) is 1.52. The highest BCUT2D eigenvalue weighted by Gasteiger charge is 2.42. The van der Waals surface area contributed by atoms with E-state index in [2.05, 4.69) is 0 Å². The zero-order valence-electron chi connectivity index (χ0n) is 9.56. The second-order valence-electron chi connectivity index (χ2n) is 4.46. The van der Waals surface area contributed by atoms with E-state index >= 15 is 0 Å². The molecule has 1 aliphatic heterocycles. The Balaban J connectivity index is 2.39. The summed E-state index contributed by atoms with van der Waals surface area (Å²) < 4.78 is 0. The van der Waals surface area contributed by atoms with Crippen molar-refractivity contribution in [2.45, 2.75) is 25.2 Å². The molecule has 0 radical (unpaired) electrons. The van der Waals surface area contributed by atoms with Crippen LogP contribution in [-0.2, 0) is 15.0 Å². The molecule has 0 aliphatic carbocycles. The zero-order chi connectivity index (χ0) is 11.8. The average Bonchev–Trinajstić information content (AvgIpc) is 2.33. The van der Waals surface area contributed by atoms with Crippen molar-refractivity contribution < 1.29 is 9.59 Å². The molecule has 2 amide bonds. The number of carbonyl (C=O) groups is 2. The van der Waals surface area contributed by atoms with Crippen LogP contribution in [0.25, 0.3) is 0 Å². The molecule has 0 aromatic heterocycles. The Morgan fingerprint density at radius 3 is 2.44 bits per heavy atom. The Labute approximate surface area is 95.1 Å². The largest absolute Gasteiger partial charge is 0.285 e. The Morgan fingerprint density at radius 1 is 1.19 bits per heavy atom. The molecule has 3 nitrogen and oxygen atoms in total. The van der Waals surface area contributed by atoms with Gasteiger partial charge in [0.15, 0.2) is 0 Å². The number of hydrogen-bond donors (Lipinski definition) is 0. The highest BCUT2D eigenvalue weighted by molar-refractivity contribution is 6.02. The molecule has 0 saturated carbocycles. The van der Waals surface area contributed by atoms with Gasteiger partial charge in [-0.25, -0.2) is 0 Å². The van der Waals surface area contributed by atoms with Gasteiger partial charge in [-0.05, 0) is 18.9 Å². The molecule has 0 bridgehead atoms. The molecule has 1 saturated heterocycles. The van der Waals surface area contributed by atoms with Crippen LogP contribution >= 0.6 is 0 Å². The van der Waals surface area contributed by atoms with Crippen LogP contribution in [0, 0.1) is 0 Å². The van der Waals surface area contributed by atoms with Gasteiger partial charge in [0.1, 0.15) is 0 Å². The molecular formula is C13H15NO2. The smallest absolute Gasteiger partial charge is 0.239 e. The monoisotopic (exact) mass is 217 g/mol. The molecule has 3 heteroatoms. The van der Waals surface area contributed by atoms with Crippen LogP contribution in [0.15, 0.2) is 30.3 Å². The van der Waals surface area contributed by atoms with E-state index < -0.39 is 5.41 Å². The van der Waals surface area contributed by atoms with Crippen molar-refractivity contribution in [1.82, 2.24) is 4.90 Å². The third-order valence-electron chi connectivity index (χ3n) is 3.40. The van der Waals surface area contributed by atoms with Crippen molar-refractivity contribution in [1.29, 1.82) is 0 Å². The van der Waals surface area contributed by atoms with Gasteiger partial charge >= 0.3 is 0 Å². The average molecular weight is 217 g/mol. The molecule has 0 N–H and O–H groups in total. The van der Waals surface area contributed by atoms with Crippen LogP contribution in [0.4, 0.5) is 0 Å². The number of hydrogen-bond acceptors (Lipinski definition) is 2. The standard InChI is InChI=1S/C13H15NO2/c1-13(10-6-4-3-5-7-10)9-8-11(15)14(2)12(13)16/h3-7H,8-9H2,1-2H3/t13-/m1/s1. The molecule has 1 aliphatic rings. The number of piperidine rings is 1. The fraction of sp³-hybridized carbons (Fsp3) is 0.385. The predicted molar refractivity (Wildman–Crippen MR) is 60.8 cm³/mol. The fourth-order valence-corrected chi connectivity index (χ4v) is 2.19. The van der Waals surface area contributed by atoms with Crippen LogP contribution < -0.4 is 0 Å². The lowest BCUT2D eigenvalue weighted by molar-refractivity contribution is -0.151. The molecule has 2 rings (SSSR count). The fourth-order valence-electron chi connectivity index (χ4n) is 2.19. The summed E-state index contributed by atoms with van der Waals surface area (Å²) in [7, 11) is 1.56. The maximum Gasteiger partial charge on any atom is 0.239 e. The second-order valence-corrected chi connectivity index (χ2v) is 4.46. The molecule has 84 valence electrons. The maximum atomic E-state index is 12.2. The minimum atomic E-state index is -0.552. The first-order valence-corrected chi connectivity index (χ1v) is 5.42. The molecular weight excluding hydrogens is 202 g/mol. The van der Waals surface area contributed by atoms with E-state index in [1.807, 2.05) is 37.3 Å². The van der Waals surface area contributed by atoms with E-state index in [-0.39, 0.29) is 11.8 Å². The number of nitrogens with zero attached hydrogens (tertiary/aromatic N) is 1. The normalized spacial score (nSPS) is 26.0. The molecule has 16 heavy (non-hydrogen) atoms. The first-order chi connectivity index (χ1) is 7.55. The first kappa shape index (κ1) is 10.9. The van der Waals surface area contributed by atoms with Crippen LogP contribution in [-0.4, -0.2) is 23.8 Å². The summed E-state index contributed by atoms with van der Waals surface area (Å²) in [4.78, 5) is 24.8. The quantitative estimate of drug-likeness (QED) is 0.672. The number of likely N-dealkylation sites (tertiary alicyclic amines) is 1. The number of benzene rings is 1. The number of imide groups is 1. The minimum Gasteiger partial charge on any atom is -0.285 e. The van der Waals surface area contributed by atoms with Crippen molar-refractivity contribution in [2.75, 3.05) is 7.05 Å². The van der Waals surface area contributed by atoms with Crippen molar-refractivity contribution >= 4 is 11.8 Å². The van der Waals surface area contributed by atoms with Gasteiger partial charge in [0, 0.05) is 13.5 Å². The Kier molecular flexibility index (Phi) is 2.54. The molecule has 1 heterocycles. The maximum absolute atomic E-state index is 12.2. The van der Waals surface area contributed by atoms with E-state index in [0.29, 0.717) is 12.8 Å². The number of amides is 2. The van der Waals surface area contributed by atoms with E-state index in [0.717, 1.165) is 5.56 Å². The number of rotatable bonds is 1. The van der Waals surface area contributed by atoms with Crippen LogP contribution in [0.1, 0.15) is 25.3 Å². The summed E-state index contributed by atoms with van der Waals surface area (Å²) in [5.74, 6) is -0.187. The Bertz CT molecular complexity index is 427. The summed E-state index contributed by atoms with van der Waals surface area (Å²) in [6, 6.07) is 9.66. The van der Waals surface area contributed by atoms with Gasteiger partial charge in [-0.15, -0.1) is 0 Å². The van der Waals surface area contributed by atoms with Crippen molar-refractivity contribution in [2.24, 2.45) is 0 Å². The van der Waals surface area contributed by atoms with E-state index in [4.69, 9.17) is 0 Å². The van der Waals surface area contributed by atoms with Crippen molar-refractivity contribution in [3.63, 3.8) is 0 Å². The third-order valence-corrected chi connectivity index (χ3v) is 3.40. The molecule has 1 aromatic rings. The minimum absolute atomic E-state index is 0.0848. The van der Waals surface area contributed by atoms with Gasteiger partial charge in [0.05, 0.1) is 5.41 Å². The topological polar surface area (TPSA) is 37.4 Å². The zero-order valence-corrected chi connectivity index (χ0v) is 9.56. The SMILES string of the molecule is CN1C(=O)CC[C@](C)(c2ccccc2)C1=O. The summed E-state index contributed by atoms with van der Waals surface area (Å²) >= 11 is 0. The summed E-state index contributed by atoms with van der Waals surface area (Å²) in [5, 5.41) is 0. The molecule has 0 spiro atoms. The van der Waals surface area contributed by atoms with Crippen LogP contribution in [0.3, 0.4) is 0 Å². The predicted octanol–water partition coefficient (Wildman–Crippen LogP) is 1.72. The molecule has 1 fully saturated rings. The highest BCUT2D eigenvalue weighted by Crippen LogP contribution is 2.34. The Morgan fingerprint density at radius 2 is 1.81 bits per heavy atom. The lowest BCUT2D eigenvalue weighted by atomic mass is 9.75. The lowest BCUT2D eigenvalue weighted by Crippen LogP contribution is -2.50. The Hall–Kier alpha value is -1.64. The van der Waals surface area contributed by atoms with E-state index in [1.54, 1.807) is 7.05 Å².